The van der Waals surface area contributed by atoms with Crippen molar-refractivity contribution in [2.45, 2.75) is 19.4 Å². The lowest BCUT2D eigenvalue weighted by molar-refractivity contribution is 0.0977. The van der Waals surface area contributed by atoms with E-state index in [9.17, 15) is 4.79 Å². The number of carbonyl (C=O) groups is 1. The van der Waals surface area contributed by atoms with Gasteiger partial charge < -0.3 is 9.64 Å². The number of hydrogen-bond acceptors (Lipinski definition) is 4. The first-order valence-corrected chi connectivity index (χ1v) is 8.05. The lowest BCUT2D eigenvalue weighted by Crippen LogP contribution is -2.33. The Bertz CT molecular complexity index is 710. The highest BCUT2D eigenvalue weighted by atomic mass is 35.5. The maximum Gasteiger partial charge on any atom is 0.410 e. The average Bonchev–Trinajstić information content (AvgIpc) is 2.76. The largest absolute Gasteiger partial charge is 0.445 e. The van der Waals surface area contributed by atoms with E-state index in [-0.39, 0.29) is 18.0 Å². The van der Waals surface area contributed by atoms with Crippen LogP contribution in [0.5, 0.6) is 0 Å². The topological polar surface area (TPSA) is 55.3 Å². The first-order valence-electron chi connectivity index (χ1n) is 7.30. The van der Waals surface area contributed by atoms with Gasteiger partial charge in [-0.05, 0) is 23.6 Å². The molecular formula is C16H15Cl2N3O2. The number of nitrogens with zero attached hydrogens (tertiary/aromatic N) is 3. The van der Waals surface area contributed by atoms with E-state index in [2.05, 4.69) is 9.97 Å². The van der Waals surface area contributed by atoms with E-state index < -0.39 is 0 Å². The zero-order valence-electron chi connectivity index (χ0n) is 12.3. The van der Waals surface area contributed by atoms with Crippen molar-refractivity contribution in [3.8, 4) is 0 Å². The number of fused-ring (bicyclic) bond motifs is 1. The van der Waals surface area contributed by atoms with Crippen LogP contribution in [0.3, 0.4) is 0 Å². The summed E-state index contributed by atoms with van der Waals surface area (Å²) in [6, 6.07) is 9.59. The third-order valence-corrected chi connectivity index (χ3v) is 4.21. The molecule has 0 saturated carbocycles. The fourth-order valence-electron chi connectivity index (χ4n) is 2.52. The number of rotatable bonds is 2. The molecule has 1 aromatic carbocycles. The van der Waals surface area contributed by atoms with Gasteiger partial charge in [0.2, 0.25) is 5.28 Å². The molecule has 1 aromatic heterocycles. The first-order chi connectivity index (χ1) is 11.1. The molecule has 23 heavy (non-hydrogen) atoms. The Labute approximate surface area is 144 Å². The average molecular weight is 352 g/mol. The molecule has 0 saturated heterocycles. The third kappa shape index (κ3) is 3.92. The Morgan fingerprint density at radius 3 is 2.65 bits per heavy atom. The molecule has 1 aliphatic rings. The fourth-order valence-corrected chi connectivity index (χ4v) is 3.03. The highest BCUT2D eigenvalue weighted by Crippen LogP contribution is 2.23. The summed E-state index contributed by atoms with van der Waals surface area (Å²) in [5.74, 6) is 0. The van der Waals surface area contributed by atoms with Gasteiger partial charge in [0.25, 0.3) is 0 Å². The Morgan fingerprint density at radius 2 is 1.87 bits per heavy atom. The van der Waals surface area contributed by atoms with Crippen molar-refractivity contribution in [3.63, 3.8) is 0 Å². The van der Waals surface area contributed by atoms with Crippen LogP contribution in [0.4, 0.5) is 4.79 Å². The monoisotopic (exact) mass is 351 g/mol. The summed E-state index contributed by atoms with van der Waals surface area (Å²) in [6.07, 6.45) is 0.834. The second kappa shape index (κ2) is 7.15. The fraction of sp³-hybridized carbons (Fsp3) is 0.312. The molecule has 0 unspecified atom stereocenters. The molecular weight excluding hydrogens is 337 g/mol. The van der Waals surface area contributed by atoms with E-state index in [1.54, 1.807) is 4.90 Å². The zero-order valence-corrected chi connectivity index (χ0v) is 13.8. The minimum absolute atomic E-state index is 0.133. The Morgan fingerprint density at radius 1 is 1.13 bits per heavy atom. The van der Waals surface area contributed by atoms with Gasteiger partial charge in [-0.3, -0.25) is 0 Å². The van der Waals surface area contributed by atoms with Crippen molar-refractivity contribution >= 4 is 29.3 Å². The predicted octanol–water partition coefficient (Wildman–Crippen LogP) is 3.52. The minimum Gasteiger partial charge on any atom is -0.445 e. The SMILES string of the molecule is O=C(OCc1ccccc1)N1CCc2nc(Cl)nc(Cl)c2CC1. The number of aromatic nitrogens is 2. The van der Waals surface area contributed by atoms with Gasteiger partial charge in [-0.15, -0.1) is 0 Å². The van der Waals surface area contributed by atoms with E-state index in [1.807, 2.05) is 30.3 Å². The van der Waals surface area contributed by atoms with Gasteiger partial charge in [-0.2, -0.15) is 0 Å². The van der Waals surface area contributed by atoms with E-state index in [0.29, 0.717) is 31.1 Å². The molecule has 0 N–H and O–H groups in total. The van der Waals surface area contributed by atoms with E-state index in [4.69, 9.17) is 27.9 Å². The van der Waals surface area contributed by atoms with Crippen LogP contribution in [0.1, 0.15) is 16.8 Å². The van der Waals surface area contributed by atoms with Gasteiger partial charge in [-0.1, -0.05) is 41.9 Å². The summed E-state index contributed by atoms with van der Waals surface area (Å²) in [5.41, 5.74) is 2.61. The molecule has 0 fully saturated rings. The van der Waals surface area contributed by atoms with Crippen molar-refractivity contribution in [1.29, 1.82) is 0 Å². The third-order valence-electron chi connectivity index (χ3n) is 3.73. The molecule has 0 atom stereocenters. The summed E-state index contributed by atoms with van der Waals surface area (Å²) < 4.78 is 5.37. The van der Waals surface area contributed by atoms with E-state index >= 15 is 0 Å². The van der Waals surface area contributed by atoms with Crippen LogP contribution in [0, 0.1) is 0 Å². The van der Waals surface area contributed by atoms with Gasteiger partial charge in [0, 0.05) is 25.1 Å². The molecule has 7 heteroatoms. The van der Waals surface area contributed by atoms with Gasteiger partial charge in [0.1, 0.15) is 11.8 Å². The Kier molecular flexibility index (Phi) is 4.98. The van der Waals surface area contributed by atoms with Crippen molar-refractivity contribution in [2.24, 2.45) is 0 Å². The summed E-state index contributed by atoms with van der Waals surface area (Å²) in [5, 5.41) is 0.494. The van der Waals surface area contributed by atoms with Crippen LogP contribution >= 0.6 is 23.2 Å². The first kappa shape index (κ1) is 16.0. The van der Waals surface area contributed by atoms with Crippen LogP contribution in [-0.4, -0.2) is 34.1 Å². The number of carbonyl (C=O) groups excluding carboxylic acids is 1. The number of ether oxygens (including phenoxy) is 1. The summed E-state index contributed by atoms with van der Waals surface area (Å²) in [6.45, 7) is 1.30. The standard InChI is InChI=1S/C16H15Cl2N3O2/c17-14-12-6-8-21(9-7-13(12)19-15(18)20-14)16(22)23-10-11-4-2-1-3-5-11/h1-5H,6-10H2. The van der Waals surface area contributed by atoms with Gasteiger partial charge in [-0.25, -0.2) is 14.8 Å². The normalized spacial score (nSPS) is 14.1. The molecule has 0 radical (unpaired) electrons. The maximum atomic E-state index is 12.2. The van der Waals surface area contributed by atoms with Crippen LogP contribution in [0.15, 0.2) is 30.3 Å². The molecule has 120 valence electrons. The summed E-state index contributed by atoms with van der Waals surface area (Å²) in [7, 11) is 0. The molecule has 0 bridgehead atoms. The lowest BCUT2D eigenvalue weighted by Gasteiger charge is -2.19. The summed E-state index contributed by atoms with van der Waals surface area (Å²) >= 11 is 12.0. The molecule has 2 aromatic rings. The second-order valence-electron chi connectivity index (χ2n) is 5.24. The molecule has 2 heterocycles. The molecule has 0 aliphatic carbocycles. The van der Waals surface area contributed by atoms with E-state index in [1.165, 1.54) is 0 Å². The predicted molar refractivity (Wildman–Crippen MR) is 87.7 cm³/mol. The number of halogens is 2. The Balaban J connectivity index is 1.62. The van der Waals surface area contributed by atoms with Crippen LogP contribution < -0.4 is 0 Å². The maximum absolute atomic E-state index is 12.2. The highest BCUT2D eigenvalue weighted by molar-refractivity contribution is 6.32. The molecule has 0 spiro atoms. The number of hydrogen-bond donors (Lipinski definition) is 0. The molecule has 3 rings (SSSR count). The zero-order chi connectivity index (χ0) is 16.2. The quantitative estimate of drug-likeness (QED) is 0.613. The van der Waals surface area contributed by atoms with E-state index in [0.717, 1.165) is 16.8 Å². The van der Waals surface area contributed by atoms with Gasteiger partial charge in [0.15, 0.2) is 0 Å². The highest BCUT2D eigenvalue weighted by Gasteiger charge is 2.22. The lowest BCUT2D eigenvalue weighted by atomic mass is 10.1. The number of amides is 1. The molecule has 1 amide bonds. The second-order valence-corrected chi connectivity index (χ2v) is 5.93. The van der Waals surface area contributed by atoms with Crippen molar-refractivity contribution < 1.29 is 9.53 Å². The van der Waals surface area contributed by atoms with Crippen molar-refractivity contribution in [2.75, 3.05) is 13.1 Å². The molecule has 5 nitrogen and oxygen atoms in total. The smallest absolute Gasteiger partial charge is 0.410 e. The molecule has 1 aliphatic heterocycles. The van der Waals surface area contributed by atoms with Crippen molar-refractivity contribution in [3.05, 3.63) is 57.6 Å². The Hall–Kier alpha value is -1.85. The number of benzene rings is 1. The van der Waals surface area contributed by atoms with Crippen molar-refractivity contribution in [1.82, 2.24) is 14.9 Å². The minimum atomic E-state index is -0.336. The van der Waals surface area contributed by atoms with Crippen LogP contribution in [0.2, 0.25) is 10.4 Å². The van der Waals surface area contributed by atoms with Gasteiger partial charge >= 0.3 is 6.09 Å². The van der Waals surface area contributed by atoms with Gasteiger partial charge in [0.05, 0.1) is 5.69 Å². The van der Waals surface area contributed by atoms with Crippen LogP contribution in [-0.2, 0) is 24.2 Å². The summed E-state index contributed by atoms with van der Waals surface area (Å²) in [4.78, 5) is 22.1. The van der Waals surface area contributed by atoms with Crippen LogP contribution in [0.25, 0.3) is 0 Å².